The van der Waals surface area contributed by atoms with Crippen molar-refractivity contribution in [3.05, 3.63) is 89.2 Å². The van der Waals surface area contributed by atoms with Crippen LogP contribution in [0.3, 0.4) is 0 Å². The summed E-state index contributed by atoms with van der Waals surface area (Å²) in [6.07, 6.45) is 8.77. The number of hydrogen-bond acceptors (Lipinski definition) is 3. The van der Waals surface area contributed by atoms with Gasteiger partial charge in [-0.2, -0.15) is 0 Å². The summed E-state index contributed by atoms with van der Waals surface area (Å²) in [5.41, 5.74) is 11.4. The van der Waals surface area contributed by atoms with E-state index in [0.717, 1.165) is 61.0 Å². The molecule has 1 aliphatic rings. The second-order valence-corrected chi connectivity index (χ2v) is 9.62. The number of ether oxygens (including phenoxy) is 2. The lowest BCUT2D eigenvalue weighted by molar-refractivity contribution is -0.00661. The molecule has 4 heteroatoms. The smallest absolute Gasteiger partial charge is 0.123 e. The molecule has 35 heavy (non-hydrogen) atoms. The second-order valence-electron chi connectivity index (χ2n) is 9.62. The van der Waals surface area contributed by atoms with Gasteiger partial charge in [-0.25, -0.2) is 4.39 Å². The molecular weight excluding hydrogens is 437 g/mol. The molecular formula is C31H38FNO2. The van der Waals surface area contributed by atoms with E-state index in [-0.39, 0.29) is 18.0 Å². The van der Waals surface area contributed by atoms with Crippen LogP contribution in [0, 0.1) is 5.82 Å². The minimum atomic E-state index is -0.238. The van der Waals surface area contributed by atoms with Crippen LogP contribution in [0.5, 0.6) is 5.75 Å². The second kappa shape index (κ2) is 12.9. The highest BCUT2D eigenvalue weighted by atomic mass is 19.1. The maximum absolute atomic E-state index is 13.8. The number of benzene rings is 3. The zero-order valence-corrected chi connectivity index (χ0v) is 20.8. The molecule has 4 rings (SSSR count). The Morgan fingerprint density at radius 3 is 2.31 bits per heavy atom. The molecule has 0 radical (unpaired) electrons. The number of unbranched alkanes of at least 4 members (excludes halogenated alkanes) is 1. The van der Waals surface area contributed by atoms with E-state index < -0.39 is 0 Å². The summed E-state index contributed by atoms with van der Waals surface area (Å²) >= 11 is 0. The Bertz CT molecular complexity index is 1060. The minimum absolute atomic E-state index is 0.174. The van der Waals surface area contributed by atoms with E-state index in [0.29, 0.717) is 13.2 Å². The Hall–Kier alpha value is -2.69. The lowest BCUT2D eigenvalue weighted by Gasteiger charge is -2.29. The van der Waals surface area contributed by atoms with Gasteiger partial charge in [0.1, 0.15) is 11.6 Å². The van der Waals surface area contributed by atoms with Gasteiger partial charge in [0.15, 0.2) is 0 Å². The lowest BCUT2D eigenvalue weighted by Crippen LogP contribution is -2.28. The Morgan fingerprint density at radius 1 is 0.857 bits per heavy atom. The van der Waals surface area contributed by atoms with E-state index in [9.17, 15) is 4.39 Å². The number of nitrogens with two attached hydrogens (primary N) is 1. The van der Waals surface area contributed by atoms with Crippen LogP contribution in [0.2, 0.25) is 0 Å². The molecule has 1 fully saturated rings. The topological polar surface area (TPSA) is 44.5 Å². The van der Waals surface area contributed by atoms with Gasteiger partial charge in [-0.15, -0.1) is 0 Å². The van der Waals surface area contributed by atoms with Gasteiger partial charge >= 0.3 is 0 Å². The fourth-order valence-corrected chi connectivity index (χ4v) is 4.83. The fraction of sp³-hybridized carbons (Fsp3) is 0.419. The predicted octanol–water partition coefficient (Wildman–Crippen LogP) is 7.24. The summed E-state index contributed by atoms with van der Waals surface area (Å²) in [5, 5.41) is 0. The number of aryl methyl sites for hydroxylation is 1. The van der Waals surface area contributed by atoms with Crippen LogP contribution in [0.15, 0.2) is 66.7 Å². The van der Waals surface area contributed by atoms with Crippen molar-refractivity contribution in [1.82, 2.24) is 0 Å². The first kappa shape index (κ1) is 25.4. The first-order valence-electron chi connectivity index (χ1n) is 13.1. The molecule has 1 aliphatic carbocycles. The van der Waals surface area contributed by atoms with Crippen LogP contribution in [-0.2, 0) is 24.2 Å². The Balaban J connectivity index is 1.29. The number of hydrogen-bond donors (Lipinski definition) is 1. The summed E-state index contributed by atoms with van der Waals surface area (Å²) in [6.45, 7) is 3.45. The quantitative estimate of drug-likeness (QED) is 0.318. The SMILES string of the molecule is CCCCc1ccc(COC2CCC(Oc3ccc(CCN)c(-c4cccc(F)c4)c3)CC2)cc1. The third-order valence-electron chi connectivity index (χ3n) is 6.88. The molecule has 0 saturated heterocycles. The number of halogens is 1. The monoisotopic (exact) mass is 475 g/mol. The van der Waals surface area contributed by atoms with Crippen molar-refractivity contribution in [2.75, 3.05) is 6.54 Å². The first-order valence-corrected chi connectivity index (χ1v) is 13.1. The Kier molecular flexibility index (Phi) is 9.33. The van der Waals surface area contributed by atoms with E-state index in [1.807, 2.05) is 18.2 Å². The highest BCUT2D eigenvalue weighted by molar-refractivity contribution is 5.69. The average Bonchev–Trinajstić information content (AvgIpc) is 2.89. The van der Waals surface area contributed by atoms with Crippen LogP contribution in [0.25, 0.3) is 11.1 Å². The molecule has 0 bridgehead atoms. The van der Waals surface area contributed by atoms with Gasteiger partial charge in [-0.05, 0) is 104 Å². The number of rotatable bonds is 11. The van der Waals surface area contributed by atoms with Crippen molar-refractivity contribution in [2.45, 2.75) is 77.1 Å². The highest BCUT2D eigenvalue weighted by Gasteiger charge is 2.23. The zero-order valence-electron chi connectivity index (χ0n) is 20.8. The summed E-state index contributed by atoms with van der Waals surface area (Å²) < 4.78 is 26.4. The van der Waals surface area contributed by atoms with Crippen molar-refractivity contribution < 1.29 is 13.9 Å². The highest BCUT2D eigenvalue weighted by Crippen LogP contribution is 2.32. The molecule has 0 atom stereocenters. The molecule has 3 aromatic carbocycles. The van der Waals surface area contributed by atoms with E-state index in [1.54, 1.807) is 12.1 Å². The summed E-state index contributed by atoms with van der Waals surface area (Å²) in [7, 11) is 0. The zero-order chi connectivity index (χ0) is 24.5. The largest absolute Gasteiger partial charge is 0.490 e. The maximum atomic E-state index is 13.8. The van der Waals surface area contributed by atoms with E-state index in [4.69, 9.17) is 15.2 Å². The standard InChI is InChI=1S/C31H38FNO2/c1-2-3-5-23-8-10-24(11-9-23)22-34-28-14-16-29(17-15-28)35-30-13-12-25(18-19-33)31(21-30)26-6-4-7-27(32)20-26/h4,6-13,20-21,28-29H,2-3,5,14-19,22,33H2,1H3. The van der Waals surface area contributed by atoms with Crippen LogP contribution in [0.4, 0.5) is 4.39 Å². The summed E-state index contributed by atoms with van der Waals surface area (Å²) in [6, 6.07) is 21.7. The van der Waals surface area contributed by atoms with Gasteiger partial charge in [0, 0.05) is 0 Å². The van der Waals surface area contributed by atoms with Crippen molar-refractivity contribution in [3.8, 4) is 16.9 Å². The normalized spacial score (nSPS) is 17.9. The van der Waals surface area contributed by atoms with Crippen LogP contribution >= 0.6 is 0 Å². The van der Waals surface area contributed by atoms with Gasteiger partial charge in [0.25, 0.3) is 0 Å². The van der Waals surface area contributed by atoms with Crippen molar-refractivity contribution in [3.63, 3.8) is 0 Å². The van der Waals surface area contributed by atoms with Gasteiger partial charge in [-0.1, -0.05) is 55.8 Å². The molecule has 0 aliphatic heterocycles. The molecule has 2 N–H and O–H groups in total. The Morgan fingerprint density at radius 2 is 1.60 bits per heavy atom. The average molecular weight is 476 g/mol. The summed E-state index contributed by atoms with van der Waals surface area (Å²) in [5.74, 6) is 0.593. The molecule has 0 aromatic heterocycles. The molecule has 0 unspecified atom stereocenters. The Labute approximate surface area is 209 Å². The van der Waals surface area contributed by atoms with Crippen molar-refractivity contribution in [1.29, 1.82) is 0 Å². The minimum Gasteiger partial charge on any atom is -0.490 e. The predicted molar refractivity (Wildman–Crippen MR) is 141 cm³/mol. The van der Waals surface area contributed by atoms with Crippen molar-refractivity contribution >= 4 is 0 Å². The van der Waals surface area contributed by atoms with Gasteiger partial charge in [0.2, 0.25) is 0 Å². The van der Waals surface area contributed by atoms with Crippen LogP contribution in [0.1, 0.15) is 62.1 Å². The van der Waals surface area contributed by atoms with Gasteiger partial charge in [-0.3, -0.25) is 0 Å². The molecule has 0 spiro atoms. The molecule has 3 nitrogen and oxygen atoms in total. The van der Waals surface area contributed by atoms with Gasteiger partial charge in [0.05, 0.1) is 18.8 Å². The first-order chi connectivity index (χ1) is 17.1. The molecule has 3 aromatic rings. The maximum Gasteiger partial charge on any atom is 0.123 e. The molecule has 0 heterocycles. The van der Waals surface area contributed by atoms with E-state index in [2.05, 4.69) is 37.3 Å². The molecule has 0 amide bonds. The summed E-state index contributed by atoms with van der Waals surface area (Å²) in [4.78, 5) is 0. The molecule has 186 valence electrons. The van der Waals surface area contributed by atoms with E-state index in [1.165, 1.54) is 30.0 Å². The van der Waals surface area contributed by atoms with Crippen molar-refractivity contribution in [2.24, 2.45) is 5.73 Å². The van der Waals surface area contributed by atoms with Crippen LogP contribution in [-0.4, -0.2) is 18.8 Å². The van der Waals surface area contributed by atoms with Gasteiger partial charge < -0.3 is 15.2 Å². The van der Waals surface area contributed by atoms with Crippen LogP contribution < -0.4 is 10.5 Å². The van der Waals surface area contributed by atoms with E-state index >= 15 is 0 Å². The fourth-order valence-electron chi connectivity index (χ4n) is 4.83. The lowest BCUT2D eigenvalue weighted by atomic mass is 9.94. The molecule has 1 saturated carbocycles. The third kappa shape index (κ3) is 7.39. The third-order valence-corrected chi connectivity index (χ3v) is 6.88.